The smallest absolute Gasteiger partial charge is 0.273 e. The van der Waals surface area contributed by atoms with Crippen LogP contribution in [-0.4, -0.2) is 50.5 Å². The van der Waals surface area contributed by atoms with Crippen molar-refractivity contribution in [3.05, 3.63) is 82.9 Å². The van der Waals surface area contributed by atoms with Crippen LogP contribution in [-0.2, 0) is 0 Å². The molecule has 0 saturated carbocycles. The van der Waals surface area contributed by atoms with Crippen LogP contribution < -0.4 is 0 Å². The zero-order valence-electron chi connectivity index (χ0n) is 19.0. The van der Waals surface area contributed by atoms with Gasteiger partial charge in [-0.3, -0.25) is 9.59 Å². The largest absolute Gasteiger partial charge is 0.337 e. The van der Waals surface area contributed by atoms with Crippen LogP contribution in [0.1, 0.15) is 58.4 Å². The van der Waals surface area contributed by atoms with Gasteiger partial charge in [0.25, 0.3) is 11.8 Å². The quantitative estimate of drug-likeness (QED) is 0.597. The van der Waals surface area contributed by atoms with Gasteiger partial charge in [0.15, 0.2) is 0 Å². The summed E-state index contributed by atoms with van der Waals surface area (Å²) in [6.45, 7) is 7.23. The van der Waals surface area contributed by atoms with Crippen molar-refractivity contribution in [3.63, 3.8) is 0 Å². The van der Waals surface area contributed by atoms with Gasteiger partial charge in [0, 0.05) is 24.2 Å². The number of likely N-dealkylation sites (tertiary alicyclic amines) is 1. The molecule has 2 aromatic carbocycles. The molecule has 2 unspecified atom stereocenters. The van der Waals surface area contributed by atoms with Crippen LogP contribution >= 0.6 is 0 Å². The minimum absolute atomic E-state index is 0.0331. The van der Waals surface area contributed by atoms with Gasteiger partial charge in [0.1, 0.15) is 11.5 Å². The molecule has 2 atom stereocenters. The number of benzene rings is 2. The summed E-state index contributed by atoms with van der Waals surface area (Å²) in [4.78, 5) is 30.5. The molecule has 2 aliphatic heterocycles. The van der Waals surface area contributed by atoms with Gasteiger partial charge in [-0.15, -0.1) is 0 Å². The zero-order chi connectivity index (χ0) is 23.3. The molecule has 0 aliphatic carbocycles. The highest BCUT2D eigenvalue weighted by atomic mass is 19.1. The fourth-order valence-electron chi connectivity index (χ4n) is 5.22. The lowest BCUT2D eigenvalue weighted by Crippen LogP contribution is -2.43. The third-order valence-electron chi connectivity index (χ3n) is 6.71. The minimum atomic E-state index is -0.367. The molecule has 6 nitrogen and oxygen atoms in total. The molecule has 0 radical (unpaired) electrons. The van der Waals surface area contributed by atoms with E-state index < -0.39 is 0 Å². The summed E-state index contributed by atoms with van der Waals surface area (Å²) in [5.74, 6) is -0.332. The van der Waals surface area contributed by atoms with Crippen LogP contribution in [0.4, 0.5) is 4.39 Å². The normalized spacial score (nSPS) is 20.1. The molecule has 3 aromatic rings. The summed E-state index contributed by atoms with van der Waals surface area (Å²) in [5.41, 5.74) is 3.80. The van der Waals surface area contributed by atoms with Gasteiger partial charge in [0.2, 0.25) is 0 Å². The van der Waals surface area contributed by atoms with E-state index >= 15 is 0 Å². The Balaban J connectivity index is 1.45. The Kier molecular flexibility index (Phi) is 5.27. The standard InChI is InChI=1S/C26H27FN4O2/c1-16(2)23-22-17(3)28-31(20-7-5-4-6-8-20)24(22)26(33)30(23)21-13-14-29(15-21)25(32)18-9-11-19(27)12-10-18/h4-12,16,21,23H,13-15H2,1-3H3. The second-order valence-corrected chi connectivity index (χ2v) is 9.20. The maximum Gasteiger partial charge on any atom is 0.273 e. The number of rotatable bonds is 4. The number of aryl methyl sites for hydroxylation is 1. The second-order valence-electron chi connectivity index (χ2n) is 9.20. The molecule has 7 heteroatoms. The van der Waals surface area contributed by atoms with Gasteiger partial charge in [0.05, 0.1) is 23.5 Å². The molecule has 33 heavy (non-hydrogen) atoms. The van der Waals surface area contributed by atoms with Crippen LogP contribution in [0.5, 0.6) is 0 Å². The average molecular weight is 447 g/mol. The van der Waals surface area contributed by atoms with E-state index in [1.165, 1.54) is 24.3 Å². The van der Waals surface area contributed by atoms with Crippen molar-refractivity contribution >= 4 is 11.8 Å². The number of aromatic nitrogens is 2. The highest BCUT2D eigenvalue weighted by Crippen LogP contribution is 2.43. The summed E-state index contributed by atoms with van der Waals surface area (Å²) < 4.78 is 15.0. The Hall–Kier alpha value is -3.48. The molecule has 3 heterocycles. The van der Waals surface area contributed by atoms with E-state index in [1.807, 2.05) is 42.2 Å². The highest BCUT2D eigenvalue weighted by Gasteiger charge is 2.48. The van der Waals surface area contributed by atoms with E-state index in [2.05, 4.69) is 13.8 Å². The number of fused-ring (bicyclic) bond motifs is 1. The van der Waals surface area contributed by atoms with Crippen molar-refractivity contribution in [2.24, 2.45) is 5.92 Å². The summed E-state index contributed by atoms with van der Waals surface area (Å²) in [6.07, 6.45) is 0.712. The molecule has 0 bridgehead atoms. The van der Waals surface area contributed by atoms with Crippen LogP contribution in [0.25, 0.3) is 5.69 Å². The lowest BCUT2D eigenvalue weighted by molar-refractivity contribution is 0.0549. The van der Waals surface area contributed by atoms with Crippen molar-refractivity contribution in [1.29, 1.82) is 0 Å². The number of carbonyl (C=O) groups excluding carboxylic acids is 2. The predicted octanol–water partition coefficient (Wildman–Crippen LogP) is 4.39. The monoisotopic (exact) mass is 446 g/mol. The van der Waals surface area contributed by atoms with E-state index in [-0.39, 0.29) is 35.6 Å². The Bertz CT molecular complexity index is 1200. The van der Waals surface area contributed by atoms with Crippen molar-refractivity contribution in [1.82, 2.24) is 19.6 Å². The van der Waals surface area contributed by atoms with Crippen LogP contribution in [0.2, 0.25) is 0 Å². The zero-order valence-corrected chi connectivity index (χ0v) is 19.0. The Labute approximate surface area is 192 Å². The van der Waals surface area contributed by atoms with Gasteiger partial charge in [-0.1, -0.05) is 32.0 Å². The number of nitrogens with zero attached hydrogens (tertiary/aromatic N) is 4. The van der Waals surface area contributed by atoms with Gasteiger partial charge >= 0.3 is 0 Å². The third-order valence-corrected chi connectivity index (χ3v) is 6.71. The molecule has 1 saturated heterocycles. The molecule has 0 spiro atoms. The Morgan fingerprint density at radius 2 is 1.79 bits per heavy atom. The van der Waals surface area contributed by atoms with Gasteiger partial charge < -0.3 is 9.80 Å². The van der Waals surface area contributed by atoms with Gasteiger partial charge in [-0.05, 0) is 55.7 Å². The predicted molar refractivity (Wildman–Crippen MR) is 123 cm³/mol. The SMILES string of the molecule is Cc1nn(-c2ccccc2)c2c1C(C(C)C)N(C1CCN(C(=O)c3ccc(F)cc3)C1)C2=O. The molecule has 2 aliphatic rings. The number of halogens is 1. The summed E-state index contributed by atoms with van der Waals surface area (Å²) in [7, 11) is 0. The average Bonchev–Trinajstić information content (AvgIpc) is 3.49. The Morgan fingerprint density at radius 1 is 1.09 bits per heavy atom. The second kappa shape index (κ2) is 8.14. The number of amides is 2. The first-order valence-electron chi connectivity index (χ1n) is 11.4. The van der Waals surface area contributed by atoms with Crippen LogP contribution in [0.3, 0.4) is 0 Å². The van der Waals surface area contributed by atoms with E-state index in [0.717, 1.165) is 16.9 Å². The third kappa shape index (κ3) is 3.52. The maximum atomic E-state index is 13.8. The fourth-order valence-corrected chi connectivity index (χ4v) is 5.22. The molecule has 2 amide bonds. The van der Waals surface area contributed by atoms with E-state index in [0.29, 0.717) is 30.8 Å². The summed E-state index contributed by atoms with van der Waals surface area (Å²) in [6, 6.07) is 15.2. The summed E-state index contributed by atoms with van der Waals surface area (Å²) >= 11 is 0. The molecule has 1 fully saturated rings. The van der Waals surface area contributed by atoms with Gasteiger partial charge in [-0.2, -0.15) is 5.10 Å². The topological polar surface area (TPSA) is 58.4 Å². The van der Waals surface area contributed by atoms with Crippen molar-refractivity contribution < 1.29 is 14.0 Å². The molecule has 170 valence electrons. The number of carbonyl (C=O) groups is 2. The Morgan fingerprint density at radius 3 is 2.45 bits per heavy atom. The number of hydrogen-bond acceptors (Lipinski definition) is 3. The molecular formula is C26H27FN4O2. The maximum absolute atomic E-state index is 13.8. The lowest BCUT2D eigenvalue weighted by Gasteiger charge is -2.33. The first-order valence-corrected chi connectivity index (χ1v) is 11.4. The van der Waals surface area contributed by atoms with E-state index in [9.17, 15) is 14.0 Å². The van der Waals surface area contributed by atoms with Gasteiger partial charge in [-0.25, -0.2) is 9.07 Å². The van der Waals surface area contributed by atoms with Crippen molar-refractivity contribution in [2.45, 2.75) is 39.3 Å². The fraction of sp³-hybridized carbons (Fsp3) is 0.346. The first-order chi connectivity index (χ1) is 15.9. The molecular weight excluding hydrogens is 419 g/mol. The lowest BCUT2D eigenvalue weighted by atomic mass is 9.95. The van der Waals surface area contributed by atoms with Crippen LogP contribution in [0, 0.1) is 18.7 Å². The van der Waals surface area contributed by atoms with Crippen molar-refractivity contribution in [2.75, 3.05) is 13.1 Å². The summed E-state index contributed by atoms with van der Waals surface area (Å²) in [5, 5.41) is 4.71. The minimum Gasteiger partial charge on any atom is -0.337 e. The highest BCUT2D eigenvalue weighted by molar-refractivity contribution is 5.99. The van der Waals surface area contributed by atoms with E-state index in [1.54, 1.807) is 9.58 Å². The van der Waals surface area contributed by atoms with Crippen LogP contribution in [0.15, 0.2) is 54.6 Å². The first kappa shape index (κ1) is 21.4. The van der Waals surface area contributed by atoms with Crippen molar-refractivity contribution in [3.8, 4) is 5.69 Å². The number of para-hydroxylation sites is 1. The molecule has 1 aromatic heterocycles. The molecule has 5 rings (SSSR count). The van der Waals surface area contributed by atoms with E-state index in [4.69, 9.17) is 5.10 Å². The number of hydrogen-bond donors (Lipinski definition) is 0. The molecule has 0 N–H and O–H groups in total.